The molecule has 186 valence electrons. The molecule has 3 fully saturated rings. The minimum absolute atomic E-state index is 0.0220. The van der Waals surface area contributed by atoms with E-state index in [4.69, 9.17) is 20.2 Å². The molecule has 1 aromatic carbocycles. The lowest BCUT2D eigenvalue weighted by Crippen LogP contribution is -2.35. The first-order valence-electron chi connectivity index (χ1n) is 12.7. The second-order valence-corrected chi connectivity index (χ2v) is 12.2. The van der Waals surface area contributed by atoms with E-state index in [0.717, 1.165) is 44.9 Å². The van der Waals surface area contributed by atoms with Crippen LogP contribution in [0, 0.1) is 24.2 Å². The molecule has 2 saturated carbocycles. The van der Waals surface area contributed by atoms with E-state index in [2.05, 4.69) is 67.9 Å². The molecule has 1 aliphatic heterocycles. The molecule has 0 spiro atoms. The van der Waals surface area contributed by atoms with Crippen LogP contribution in [0.1, 0.15) is 44.5 Å². The Kier molecular flexibility index (Phi) is 4.71. The summed E-state index contributed by atoms with van der Waals surface area (Å²) in [6.07, 6.45) is 5.77. The van der Waals surface area contributed by atoms with Crippen molar-refractivity contribution in [1.82, 2.24) is 19.5 Å². The van der Waals surface area contributed by atoms with Crippen LogP contribution in [0.4, 0.5) is 5.82 Å². The molecule has 2 aliphatic carbocycles. The number of hydrogen-bond donors (Lipinski definition) is 1. The molecule has 8 heteroatoms. The highest BCUT2D eigenvalue weighted by Crippen LogP contribution is 2.74. The van der Waals surface area contributed by atoms with E-state index >= 15 is 0 Å². The van der Waals surface area contributed by atoms with Crippen molar-refractivity contribution in [1.29, 1.82) is 0 Å². The number of pyridine rings is 1. The van der Waals surface area contributed by atoms with Crippen molar-refractivity contribution in [2.75, 3.05) is 5.73 Å². The van der Waals surface area contributed by atoms with Crippen LogP contribution in [0.15, 0.2) is 47.3 Å². The van der Waals surface area contributed by atoms with Crippen molar-refractivity contribution in [3.63, 3.8) is 0 Å². The zero-order chi connectivity index (χ0) is 25.0. The van der Waals surface area contributed by atoms with E-state index in [-0.39, 0.29) is 23.7 Å². The van der Waals surface area contributed by atoms with E-state index in [1.54, 1.807) is 6.33 Å². The molecule has 0 amide bonds. The van der Waals surface area contributed by atoms with Gasteiger partial charge in [0.15, 0.2) is 5.79 Å². The molecule has 7 rings (SSSR count). The second-order valence-electron chi connectivity index (χ2n) is 11.3. The van der Waals surface area contributed by atoms with E-state index in [1.807, 2.05) is 26.8 Å². The van der Waals surface area contributed by atoms with Gasteiger partial charge < -0.3 is 19.8 Å². The van der Waals surface area contributed by atoms with E-state index in [1.165, 1.54) is 5.56 Å². The molecular weight excluding hydrogens is 518 g/mol. The average Bonchev–Trinajstić information content (AvgIpc) is 3.12. The Morgan fingerprint density at radius 2 is 2.03 bits per heavy atom. The van der Waals surface area contributed by atoms with Gasteiger partial charge >= 0.3 is 0 Å². The highest BCUT2D eigenvalue weighted by molar-refractivity contribution is 9.10. The van der Waals surface area contributed by atoms with Crippen LogP contribution in [-0.2, 0) is 15.9 Å². The van der Waals surface area contributed by atoms with Crippen LogP contribution in [0.2, 0.25) is 0 Å². The first-order chi connectivity index (χ1) is 17.2. The first-order valence-corrected chi connectivity index (χ1v) is 13.5. The smallest absolute Gasteiger partial charge is 0.163 e. The number of nitrogens with zero attached hydrogens (tertiary/aromatic N) is 4. The number of halogens is 1. The number of rotatable bonds is 4. The van der Waals surface area contributed by atoms with Gasteiger partial charge in [-0.15, -0.1) is 0 Å². The Morgan fingerprint density at radius 1 is 1.19 bits per heavy atom. The van der Waals surface area contributed by atoms with E-state index < -0.39 is 5.79 Å². The fourth-order valence-electron chi connectivity index (χ4n) is 7.16. The van der Waals surface area contributed by atoms with Crippen LogP contribution < -0.4 is 5.73 Å². The zero-order valence-electron chi connectivity index (χ0n) is 20.9. The van der Waals surface area contributed by atoms with Gasteiger partial charge in [0, 0.05) is 21.5 Å². The van der Waals surface area contributed by atoms with Gasteiger partial charge in [-0.05, 0) is 85.1 Å². The largest absolute Gasteiger partial charge is 0.383 e. The Bertz CT molecular complexity index is 1530. The van der Waals surface area contributed by atoms with Gasteiger partial charge in [-0.1, -0.05) is 19.1 Å². The standard InChI is InChI=1S/C28H30BrN5O2/c1-14(9-16-5-6-17-11-20(29)15(2)33-21(17)10-16)28-12-19(28)22(23-24(28)36-27(3,4)35-23)34-8-7-18-25(30)31-13-32-26(18)34/h5-8,10-11,13-14,19,22-24H,9,12H2,1-4H3,(H2,30,31,32)/t14?,19-,22-,23+,24+,28+/m1/s1. The van der Waals surface area contributed by atoms with Crippen molar-refractivity contribution in [2.45, 2.75) is 64.6 Å². The monoisotopic (exact) mass is 547 g/mol. The van der Waals surface area contributed by atoms with Crippen molar-refractivity contribution in [3.05, 3.63) is 58.6 Å². The Balaban J connectivity index is 1.24. The van der Waals surface area contributed by atoms with Gasteiger partial charge in [0.05, 0.1) is 28.7 Å². The molecule has 3 aliphatic rings. The molecule has 1 unspecified atom stereocenters. The summed E-state index contributed by atoms with van der Waals surface area (Å²) in [5, 5.41) is 2.05. The molecule has 0 radical (unpaired) electrons. The number of nitrogens with two attached hydrogens (primary N) is 1. The molecule has 36 heavy (non-hydrogen) atoms. The number of ether oxygens (including phenoxy) is 2. The Labute approximate surface area is 218 Å². The molecule has 7 nitrogen and oxygen atoms in total. The van der Waals surface area contributed by atoms with E-state index in [0.29, 0.717) is 17.7 Å². The van der Waals surface area contributed by atoms with Gasteiger partial charge in [0.1, 0.15) is 23.9 Å². The number of anilines is 1. The summed E-state index contributed by atoms with van der Waals surface area (Å²) in [4.78, 5) is 13.6. The number of hydrogen-bond acceptors (Lipinski definition) is 6. The summed E-state index contributed by atoms with van der Waals surface area (Å²) in [6, 6.07) is 11.0. The maximum atomic E-state index is 6.64. The Morgan fingerprint density at radius 3 is 2.86 bits per heavy atom. The van der Waals surface area contributed by atoms with Gasteiger partial charge in [0.2, 0.25) is 0 Å². The van der Waals surface area contributed by atoms with Gasteiger partial charge in [-0.2, -0.15) is 0 Å². The molecule has 3 aromatic heterocycles. The van der Waals surface area contributed by atoms with Gasteiger partial charge in [0.25, 0.3) is 0 Å². The molecule has 4 aromatic rings. The maximum absolute atomic E-state index is 6.64. The van der Waals surface area contributed by atoms with Gasteiger partial charge in [-0.25, -0.2) is 9.97 Å². The zero-order valence-corrected chi connectivity index (χ0v) is 22.5. The minimum Gasteiger partial charge on any atom is -0.383 e. The fraction of sp³-hybridized carbons (Fsp3) is 0.464. The SMILES string of the molecule is Cc1nc2cc(CC(C)[C@@]34C[C@@H]3[C@@H](n3ccc5c(N)ncnc53)[C@@H]3OC(C)(C)O[C@@H]34)ccc2cc1Br. The summed E-state index contributed by atoms with van der Waals surface area (Å²) in [5.74, 6) is 0.790. The van der Waals surface area contributed by atoms with Crippen LogP contribution >= 0.6 is 15.9 Å². The number of aromatic nitrogens is 4. The van der Waals surface area contributed by atoms with Crippen molar-refractivity contribution in [3.8, 4) is 0 Å². The first kappa shape index (κ1) is 22.6. The molecule has 4 heterocycles. The van der Waals surface area contributed by atoms with Crippen LogP contribution in [0.5, 0.6) is 0 Å². The molecular formula is C28H30BrN5O2. The number of benzene rings is 1. The normalized spacial score (nSPS) is 31.0. The highest BCUT2D eigenvalue weighted by Gasteiger charge is 2.77. The van der Waals surface area contributed by atoms with Gasteiger partial charge in [-0.3, -0.25) is 4.98 Å². The number of aryl methyl sites for hydroxylation is 1. The van der Waals surface area contributed by atoms with Crippen LogP contribution in [0.25, 0.3) is 21.9 Å². The maximum Gasteiger partial charge on any atom is 0.163 e. The summed E-state index contributed by atoms with van der Waals surface area (Å²) in [5.41, 5.74) is 10.5. The van der Waals surface area contributed by atoms with Crippen molar-refractivity contribution in [2.24, 2.45) is 17.3 Å². The predicted octanol–water partition coefficient (Wildman–Crippen LogP) is 5.59. The van der Waals surface area contributed by atoms with Crippen LogP contribution in [0.3, 0.4) is 0 Å². The topological polar surface area (TPSA) is 88.1 Å². The van der Waals surface area contributed by atoms with Crippen molar-refractivity contribution >= 4 is 43.7 Å². The summed E-state index contributed by atoms with van der Waals surface area (Å²) < 4.78 is 16.5. The minimum atomic E-state index is -0.609. The predicted molar refractivity (Wildman–Crippen MR) is 142 cm³/mol. The summed E-state index contributed by atoms with van der Waals surface area (Å²) in [6.45, 7) is 8.48. The third kappa shape index (κ3) is 3.13. The quantitative estimate of drug-likeness (QED) is 0.358. The van der Waals surface area contributed by atoms with Crippen LogP contribution in [-0.4, -0.2) is 37.5 Å². The summed E-state index contributed by atoms with van der Waals surface area (Å²) in [7, 11) is 0. The Hall–Kier alpha value is -2.55. The fourth-order valence-corrected chi connectivity index (χ4v) is 7.49. The van der Waals surface area contributed by atoms with E-state index in [9.17, 15) is 0 Å². The lowest BCUT2D eigenvalue weighted by molar-refractivity contribution is -0.163. The number of nitrogen functional groups attached to an aromatic ring is 1. The van der Waals surface area contributed by atoms with Crippen molar-refractivity contribution < 1.29 is 9.47 Å². The molecule has 1 saturated heterocycles. The lowest BCUT2D eigenvalue weighted by Gasteiger charge is -2.29. The number of fused-ring (bicyclic) bond motifs is 5. The summed E-state index contributed by atoms with van der Waals surface area (Å²) >= 11 is 3.60. The average molecular weight is 548 g/mol. The molecule has 0 bridgehead atoms. The third-order valence-electron chi connectivity index (χ3n) is 8.84. The molecule has 6 atom stereocenters. The lowest BCUT2D eigenvalue weighted by atomic mass is 9.81. The second kappa shape index (κ2) is 7.49. The third-order valence-corrected chi connectivity index (χ3v) is 9.65. The molecule has 2 N–H and O–H groups in total. The highest BCUT2D eigenvalue weighted by atomic mass is 79.9.